The van der Waals surface area contributed by atoms with Crippen molar-refractivity contribution in [1.29, 1.82) is 0 Å². The average molecular weight is 1150 g/mol. The molecule has 81 heavy (non-hydrogen) atoms. The van der Waals surface area contributed by atoms with Crippen molar-refractivity contribution in [2.45, 2.75) is 376 Å². The van der Waals surface area contributed by atoms with Crippen LogP contribution in [0.15, 0.2) is 24.3 Å². The molecule has 2 rings (SSSR count). The lowest BCUT2D eigenvalue weighted by molar-refractivity contribution is -0.359. The van der Waals surface area contributed by atoms with Gasteiger partial charge < -0.3 is 65.1 Å². The van der Waals surface area contributed by atoms with E-state index in [0.29, 0.717) is 12.8 Å². The van der Waals surface area contributed by atoms with Gasteiger partial charge in [0.1, 0.15) is 48.8 Å². The van der Waals surface area contributed by atoms with Gasteiger partial charge in [-0.25, -0.2) is 0 Å². The fourth-order valence-corrected chi connectivity index (χ4v) is 11.4. The van der Waals surface area contributed by atoms with Gasteiger partial charge in [-0.05, 0) is 44.9 Å². The number of hydrogen-bond donors (Lipinski definition) is 9. The molecule has 14 heteroatoms. The highest BCUT2D eigenvalue weighted by Gasteiger charge is 2.51. The Labute approximate surface area is 494 Å². The summed E-state index contributed by atoms with van der Waals surface area (Å²) in [6.45, 7) is 2.86. The van der Waals surface area contributed by atoms with Crippen molar-refractivity contribution in [2.75, 3.05) is 19.8 Å². The first kappa shape index (κ1) is 75.6. The van der Waals surface area contributed by atoms with Crippen molar-refractivity contribution >= 4 is 5.91 Å². The summed E-state index contributed by atoms with van der Waals surface area (Å²) in [5.74, 6) is -0.217. The van der Waals surface area contributed by atoms with E-state index in [4.69, 9.17) is 18.9 Å². The molecule has 12 unspecified atom stereocenters. The van der Waals surface area contributed by atoms with Gasteiger partial charge in [-0.2, -0.15) is 0 Å². The Morgan fingerprint density at radius 1 is 0.444 bits per heavy atom. The SMILES string of the molecule is CCCCC/C=C\C/C=C\CCCCCCCC(=O)NC(COC1OC(CO)C(OC2OC(CO)C(O)C(O)C2O)C(O)C1O)C(O)CCCCCCCCCCCCCCCCCCCCCCCCCCCCCCCCCC. The first-order chi connectivity index (χ1) is 39.6. The minimum atomic E-state index is -1.78. The molecule has 0 spiro atoms. The second-order valence-electron chi connectivity index (χ2n) is 24.3. The predicted molar refractivity (Wildman–Crippen MR) is 328 cm³/mol. The molecule has 2 aliphatic heterocycles. The van der Waals surface area contributed by atoms with Gasteiger partial charge in [0.2, 0.25) is 5.91 Å². The normalized spacial score (nSPS) is 24.2. The number of allylic oxidation sites excluding steroid dienone is 4. The van der Waals surface area contributed by atoms with Crippen molar-refractivity contribution in [2.24, 2.45) is 0 Å². The van der Waals surface area contributed by atoms with E-state index in [9.17, 15) is 45.6 Å². The molecule has 2 saturated heterocycles. The number of ether oxygens (including phenoxy) is 4. The summed E-state index contributed by atoms with van der Waals surface area (Å²) >= 11 is 0. The first-order valence-corrected chi connectivity index (χ1v) is 34.1. The molecule has 0 saturated carbocycles. The van der Waals surface area contributed by atoms with Crippen molar-refractivity contribution in [1.82, 2.24) is 5.32 Å². The fraction of sp³-hybridized carbons (Fsp3) is 0.925. The Balaban J connectivity index is 1.63. The van der Waals surface area contributed by atoms with E-state index in [1.54, 1.807) is 0 Å². The van der Waals surface area contributed by atoms with E-state index in [-0.39, 0.29) is 18.9 Å². The lowest BCUT2D eigenvalue weighted by Gasteiger charge is -2.46. The van der Waals surface area contributed by atoms with Crippen LogP contribution >= 0.6 is 0 Å². The number of nitrogens with one attached hydrogen (secondary N) is 1. The lowest BCUT2D eigenvalue weighted by Crippen LogP contribution is -2.65. The maximum atomic E-state index is 13.3. The third-order valence-corrected chi connectivity index (χ3v) is 16.9. The Bertz CT molecular complexity index is 1450. The molecule has 0 aromatic carbocycles. The Hall–Kier alpha value is -1.53. The number of amides is 1. The van der Waals surface area contributed by atoms with Crippen LogP contribution in [0.1, 0.15) is 303 Å². The fourth-order valence-electron chi connectivity index (χ4n) is 11.4. The van der Waals surface area contributed by atoms with E-state index >= 15 is 0 Å². The molecule has 1 amide bonds. The summed E-state index contributed by atoms with van der Waals surface area (Å²) in [5.41, 5.74) is 0. The van der Waals surface area contributed by atoms with Crippen molar-refractivity contribution in [3.05, 3.63) is 24.3 Å². The number of rotatable bonds is 56. The van der Waals surface area contributed by atoms with Gasteiger partial charge in [-0.3, -0.25) is 4.79 Å². The van der Waals surface area contributed by atoms with E-state index in [1.165, 1.54) is 199 Å². The largest absolute Gasteiger partial charge is 0.394 e. The number of unbranched alkanes of at least 4 members (excludes halogenated alkanes) is 39. The topological polar surface area (TPSA) is 228 Å². The molecule has 0 aliphatic carbocycles. The summed E-state index contributed by atoms with van der Waals surface area (Å²) < 4.78 is 22.9. The van der Waals surface area contributed by atoms with Gasteiger partial charge in [-0.15, -0.1) is 0 Å². The molecule has 478 valence electrons. The summed E-state index contributed by atoms with van der Waals surface area (Å²) in [5, 5.41) is 87.4. The second kappa shape index (κ2) is 52.8. The number of hydrogen-bond acceptors (Lipinski definition) is 13. The molecule has 14 nitrogen and oxygen atoms in total. The maximum absolute atomic E-state index is 13.3. The second-order valence-corrected chi connectivity index (χ2v) is 24.3. The highest BCUT2D eigenvalue weighted by atomic mass is 16.7. The van der Waals surface area contributed by atoms with E-state index < -0.39 is 86.8 Å². The number of aliphatic hydroxyl groups is 8. The Morgan fingerprint density at radius 2 is 0.815 bits per heavy atom. The highest BCUT2D eigenvalue weighted by molar-refractivity contribution is 5.76. The average Bonchev–Trinajstić information content (AvgIpc) is 3.47. The summed E-state index contributed by atoms with van der Waals surface area (Å²) in [4.78, 5) is 13.3. The quantitative estimate of drug-likeness (QED) is 0.0204. The molecule has 2 heterocycles. The molecule has 0 bridgehead atoms. The molecule has 2 fully saturated rings. The summed E-state index contributed by atoms with van der Waals surface area (Å²) in [7, 11) is 0. The summed E-state index contributed by atoms with van der Waals surface area (Å²) in [6, 6.07) is -0.836. The van der Waals surface area contributed by atoms with Gasteiger partial charge in [0.15, 0.2) is 12.6 Å². The number of carbonyl (C=O) groups excluding carboxylic acids is 1. The van der Waals surface area contributed by atoms with Crippen LogP contribution in [0.5, 0.6) is 0 Å². The Kier molecular flexibility index (Phi) is 49.2. The molecule has 0 aromatic rings. The van der Waals surface area contributed by atoms with Crippen LogP contribution in [0.2, 0.25) is 0 Å². The van der Waals surface area contributed by atoms with Gasteiger partial charge in [0, 0.05) is 6.42 Å². The van der Waals surface area contributed by atoms with Gasteiger partial charge in [-0.1, -0.05) is 276 Å². The van der Waals surface area contributed by atoms with Crippen LogP contribution < -0.4 is 5.32 Å². The Morgan fingerprint density at radius 3 is 1.26 bits per heavy atom. The maximum Gasteiger partial charge on any atom is 0.220 e. The molecular weight excluding hydrogens is 1030 g/mol. The van der Waals surface area contributed by atoms with Crippen LogP contribution in [0.4, 0.5) is 0 Å². The highest BCUT2D eigenvalue weighted by Crippen LogP contribution is 2.30. The molecule has 12 atom stereocenters. The van der Waals surface area contributed by atoms with Crippen LogP contribution in [0, 0.1) is 0 Å². The lowest BCUT2D eigenvalue weighted by atomic mass is 9.97. The van der Waals surface area contributed by atoms with Gasteiger partial charge in [0.05, 0.1) is 32.0 Å². The van der Waals surface area contributed by atoms with Gasteiger partial charge >= 0.3 is 0 Å². The molecular formula is C67H127NO13. The van der Waals surface area contributed by atoms with Crippen molar-refractivity contribution in [3.8, 4) is 0 Å². The van der Waals surface area contributed by atoms with Crippen molar-refractivity contribution < 1.29 is 64.6 Å². The zero-order valence-electron chi connectivity index (χ0n) is 51.8. The third kappa shape index (κ3) is 37.6. The summed E-state index contributed by atoms with van der Waals surface area (Å²) in [6.07, 6.45) is 47.8. The van der Waals surface area contributed by atoms with Crippen molar-refractivity contribution in [3.63, 3.8) is 0 Å². The van der Waals surface area contributed by atoms with Crippen LogP contribution in [-0.2, 0) is 23.7 Å². The number of aliphatic hydroxyl groups excluding tert-OH is 8. The van der Waals surface area contributed by atoms with Crippen LogP contribution in [0.3, 0.4) is 0 Å². The smallest absolute Gasteiger partial charge is 0.220 e. The van der Waals surface area contributed by atoms with E-state index in [1.807, 2.05) is 0 Å². The van der Waals surface area contributed by atoms with Crippen LogP contribution in [-0.4, -0.2) is 140 Å². The minimum Gasteiger partial charge on any atom is -0.394 e. The monoisotopic (exact) mass is 1150 g/mol. The minimum absolute atomic E-state index is 0.217. The number of carbonyl (C=O) groups is 1. The molecule has 0 radical (unpaired) electrons. The predicted octanol–water partition coefficient (Wildman–Crippen LogP) is 13.2. The zero-order valence-corrected chi connectivity index (χ0v) is 51.8. The third-order valence-electron chi connectivity index (χ3n) is 16.9. The van der Waals surface area contributed by atoms with E-state index in [0.717, 1.165) is 70.6 Å². The molecule has 0 aromatic heterocycles. The first-order valence-electron chi connectivity index (χ1n) is 34.1. The van der Waals surface area contributed by atoms with Gasteiger partial charge in [0.25, 0.3) is 0 Å². The molecule has 2 aliphatic rings. The standard InChI is InChI=1S/C67H127NO13/c1-3-5-7-9-11-13-15-17-19-20-21-22-23-24-25-26-27-28-29-30-31-32-33-34-35-37-38-40-42-44-46-48-50-56(71)55(68-59(72)51-49-47-45-43-41-39-36-18-16-14-12-10-8-6-4-2)54-78-66-64(77)62(75)65(58(53-70)80-66)81-67-63(76)61(74)60(73)57(52-69)79-67/h12,14,18,36,55-58,60-67,69-71,73-77H,3-11,13,15-17,19-35,37-54H2,1-2H3,(H,68,72)/b14-12-,36-18-. The molecule has 9 N–H and O–H groups in total. The zero-order chi connectivity index (χ0) is 58.8. The van der Waals surface area contributed by atoms with Crippen LogP contribution in [0.25, 0.3) is 0 Å². The van der Waals surface area contributed by atoms with E-state index in [2.05, 4.69) is 43.5 Å².